The van der Waals surface area contributed by atoms with Gasteiger partial charge in [0.05, 0.1) is 27.7 Å². The number of carbonyl (C=O) groups is 2. The van der Waals surface area contributed by atoms with E-state index in [0.717, 1.165) is 38.5 Å². The molecule has 1 N–H and O–H groups in total. The zero-order valence-electron chi connectivity index (χ0n) is 58.3. The topological polar surface area (TPSA) is 108 Å². The predicted octanol–water partition coefficient (Wildman–Crippen LogP) is 24.8. The first kappa shape index (κ1) is 84.5. The summed E-state index contributed by atoms with van der Waals surface area (Å²) < 4.78 is 34.8. The third-order valence-electron chi connectivity index (χ3n) is 17.5. The molecule has 0 aliphatic carbocycles. The van der Waals surface area contributed by atoms with Gasteiger partial charge in [-0.3, -0.25) is 18.6 Å². The van der Waals surface area contributed by atoms with E-state index in [1.54, 1.807) is 0 Å². The summed E-state index contributed by atoms with van der Waals surface area (Å²) in [4.78, 5) is 35.9. The summed E-state index contributed by atoms with van der Waals surface area (Å²) in [5.41, 5.74) is 0. The monoisotopic (exact) mass is 1240 g/mol. The number of rotatable bonds is 72. The molecular formula is C76H149NO8P+. The first-order valence-corrected chi connectivity index (χ1v) is 39.6. The van der Waals surface area contributed by atoms with Crippen molar-refractivity contribution < 1.29 is 42.1 Å². The molecule has 0 saturated heterocycles. The van der Waals surface area contributed by atoms with Crippen LogP contribution in [0.15, 0.2) is 24.3 Å². The highest BCUT2D eigenvalue weighted by Gasteiger charge is 2.27. The Morgan fingerprint density at radius 1 is 0.349 bits per heavy atom. The molecule has 0 rings (SSSR count). The standard InChI is InChI=1S/C76H148NO8P/c1-6-8-10-12-14-16-18-20-22-24-26-28-30-31-32-33-34-35-36-37-38-39-40-41-42-43-44-45-47-49-51-53-55-57-59-61-63-65-67-69-76(79)85-74(73-84-86(80,81)83-71-70-77(3,4)5)72-82-75(78)68-66-64-62-60-58-56-54-52-50-48-46-29-27-25-23-21-19-17-15-13-11-9-7-2/h24-27,74H,6-23,28-73H2,1-5H3/p+1/b26-24-,27-25-. The van der Waals surface area contributed by atoms with Crippen LogP contribution in [0.3, 0.4) is 0 Å². The van der Waals surface area contributed by atoms with Crippen LogP contribution in [-0.2, 0) is 32.7 Å². The number of phosphoric ester groups is 1. The summed E-state index contributed by atoms with van der Waals surface area (Å²) in [6.45, 7) is 4.51. The Balaban J connectivity index is 3.89. The molecule has 2 unspecified atom stereocenters. The maximum absolute atomic E-state index is 12.9. The minimum Gasteiger partial charge on any atom is -0.462 e. The Bertz CT molecular complexity index is 1500. The lowest BCUT2D eigenvalue weighted by Gasteiger charge is -2.24. The van der Waals surface area contributed by atoms with Gasteiger partial charge < -0.3 is 18.9 Å². The molecule has 510 valence electrons. The van der Waals surface area contributed by atoms with E-state index in [4.69, 9.17) is 18.5 Å². The first-order chi connectivity index (χ1) is 42.0. The van der Waals surface area contributed by atoms with Gasteiger partial charge in [-0.25, -0.2) is 4.57 Å². The number of quaternary nitrogens is 1. The van der Waals surface area contributed by atoms with Crippen LogP contribution in [0.4, 0.5) is 0 Å². The van der Waals surface area contributed by atoms with Gasteiger partial charge in [0.1, 0.15) is 19.8 Å². The number of ether oxygens (including phenoxy) is 2. The Morgan fingerprint density at radius 2 is 0.593 bits per heavy atom. The molecule has 0 saturated carbocycles. The molecule has 0 spiro atoms. The SMILES string of the molecule is CCCCCCCCCC/C=C\CCCCCCCCCCCCCCCCCCCCCCCCCCCCCC(=O)OC(COC(=O)CCCCCCCCCCCCC/C=C\CCCCCCCCCC)COP(=O)(O)OCC[N+](C)(C)C. The van der Waals surface area contributed by atoms with E-state index in [1.807, 2.05) is 21.1 Å². The molecule has 0 aromatic rings. The first-order valence-electron chi connectivity index (χ1n) is 38.1. The summed E-state index contributed by atoms with van der Waals surface area (Å²) in [6, 6.07) is 0. The van der Waals surface area contributed by atoms with Crippen LogP contribution in [0.2, 0.25) is 0 Å². The average Bonchev–Trinajstić information content (AvgIpc) is 3.56. The highest BCUT2D eigenvalue weighted by molar-refractivity contribution is 7.47. The summed E-state index contributed by atoms with van der Waals surface area (Å²) in [5, 5.41) is 0. The highest BCUT2D eigenvalue weighted by Crippen LogP contribution is 2.43. The molecule has 0 radical (unpaired) electrons. The van der Waals surface area contributed by atoms with Crippen molar-refractivity contribution in [3.63, 3.8) is 0 Å². The second-order valence-corrected chi connectivity index (χ2v) is 28.8. The number of allylic oxidation sites excluding steroid dienone is 4. The zero-order valence-corrected chi connectivity index (χ0v) is 59.2. The number of esters is 2. The molecule has 9 nitrogen and oxygen atoms in total. The van der Waals surface area contributed by atoms with Crippen molar-refractivity contribution >= 4 is 19.8 Å². The van der Waals surface area contributed by atoms with Crippen LogP contribution >= 0.6 is 7.82 Å². The molecule has 0 fully saturated rings. The van der Waals surface area contributed by atoms with Gasteiger partial charge in [-0.2, -0.15) is 0 Å². The van der Waals surface area contributed by atoms with Crippen LogP contribution in [0.5, 0.6) is 0 Å². The number of hydrogen-bond acceptors (Lipinski definition) is 7. The fourth-order valence-corrected chi connectivity index (χ4v) is 12.3. The highest BCUT2D eigenvalue weighted by atomic mass is 31.2. The Labute approximate surface area is 536 Å². The van der Waals surface area contributed by atoms with Crippen LogP contribution < -0.4 is 0 Å². The van der Waals surface area contributed by atoms with Crippen molar-refractivity contribution in [3.05, 3.63) is 24.3 Å². The van der Waals surface area contributed by atoms with Crippen LogP contribution in [0.1, 0.15) is 399 Å². The van der Waals surface area contributed by atoms with Gasteiger partial charge in [0.25, 0.3) is 0 Å². The molecule has 0 amide bonds. The third kappa shape index (κ3) is 71.6. The number of likely N-dealkylation sites (N-methyl/N-ethyl adjacent to an activating group) is 1. The van der Waals surface area contributed by atoms with Gasteiger partial charge in [0, 0.05) is 12.8 Å². The Kier molecular flexibility index (Phi) is 66.7. The number of nitrogens with zero attached hydrogens (tertiary/aromatic N) is 1. The maximum atomic E-state index is 12.9. The molecule has 0 bridgehead atoms. The van der Waals surface area contributed by atoms with Crippen molar-refractivity contribution in [2.75, 3.05) is 47.5 Å². The molecular weight excluding hydrogens is 1090 g/mol. The van der Waals surface area contributed by atoms with Gasteiger partial charge in [-0.1, -0.05) is 346 Å². The largest absolute Gasteiger partial charge is 0.472 e. The lowest BCUT2D eigenvalue weighted by atomic mass is 10.0. The van der Waals surface area contributed by atoms with E-state index in [2.05, 4.69) is 38.2 Å². The van der Waals surface area contributed by atoms with E-state index in [0.29, 0.717) is 17.4 Å². The molecule has 0 aromatic carbocycles. The maximum Gasteiger partial charge on any atom is 0.472 e. The molecule has 0 aromatic heterocycles. The predicted molar refractivity (Wildman–Crippen MR) is 372 cm³/mol. The van der Waals surface area contributed by atoms with E-state index in [-0.39, 0.29) is 25.6 Å². The van der Waals surface area contributed by atoms with E-state index < -0.39 is 26.5 Å². The second-order valence-electron chi connectivity index (χ2n) is 27.4. The van der Waals surface area contributed by atoms with Crippen molar-refractivity contribution in [2.24, 2.45) is 0 Å². The quantitative estimate of drug-likeness (QED) is 0.0211. The molecule has 10 heteroatoms. The molecule has 2 atom stereocenters. The lowest BCUT2D eigenvalue weighted by Crippen LogP contribution is -2.37. The fourth-order valence-electron chi connectivity index (χ4n) is 11.6. The Morgan fingerprint density at radius 3 is 0.860 bits per heavy atom. The van der Waals surface area contributed by atoms with E-state index >= 15 is 0 Å². The zero-order chi connectivity index (χ0) is 62.6. The number of phosphoric acid groups is 1. The van der Waals surface area contributed by atoms with E-state index in [9.17, 15) is 19.0 Å². The van der Waals surface area contributed by atoms with Crippen LogP contribution in [0.25, 0.3) is 0 Å². The van der Waals surface area contributed by atoms with Crippen LogP contribution in [0, 0.1) is 0 Å². The summed E-state index contributed by atoms with van der Waals surface area (Å²) in [5.74, 6) is -0.774. The van der Waals surface area contributed by atoms with Gasteiger partial charge >= 0.3 is 19.8 Å². The van der Waals surface area contributed by atoms with Gasteiger partial charge in [0.15, 0.2) is 6.10 Å². The van der Waals surface area contributed by atoms with Crippen LogP contribution in [-0.4, -0.2) is 74.9 Å². The van der Waals surface area contributed by atoms with Crippen molar-refractivity contribution in [3.8, 4) is 0 Å². The number of unbranched alkanes of at least 4 members (excludes halogenated alkanes) is 54. The molecule has 86 heavy (non-hydrogen) atoms. The Hall–Kier alpha value is -1.51. The summed E-state index contributed by atoms with van der Waals surface area (Å²) in [7, 11) is 1.50. The minimum atomic E-state index is -4.39. The minimum absolute atomic E-state index is 0.0353. The summed E-state index contributed by atoms with van der Waals surface area (Å²) in [6.07, 6.45) is 86.1. The molecule has 0 aliphatic heterocycles. The number of hydrogen-bond donors (Lipinski definition) is 1. The molecule has 0 heterocycles. The average molecular weight is 1240 g/mol. The fraction of sp³-hybridized carbons (Fsp3) is 0.921. The van der Waals surface area contributed by atoms with Crippen molar-refractivity contribution in [1.82, 2.24) is 0 Å². The van der Waals surface area contributed by atoms with Gasteiger partial charge in [0.2, 0.25) is 0 Å². The lowest BCUT2D eigenvalue weighted by molar-refractivity contribution is -0.870. The summed E-state index contributed by atoms with van der Waals surface area (Å²) >= 11 is 0. The molecule has 0 aliphatic rings. The second kappa shape index (κ2) is 67.9. The van der Waals surface area contributed by atoms with Gasteiger partial charge in [-0.05, 0) is 64.2 Å². The normalized spacial score (nSPS) is 13.1. The third-order valence-corrected chi connectivity index (χ3v) is 18.4. The smallest absolute Gasteiger partial charge is 0.462 e. The van der Waals surface area contributed by atoms with E-state index in [1.165, 1.54) is 334 Å². The van der Waals surface area contributed by atoms with Crippen molar-refractivity contribution in [2.45, 2.75) is 405 Å². The van der Waals surface area contributed by atoms with Gasteiger partial charge in [-0.15, -0.1) is 0 Å². The van der Waals surface area contributed by atoms with Crippen molar-refractivity contribution in [1.29, 1.82) is 0 Å². The number of carbonyl (C=O) groups excluding carboxylic acids is 2.